The van der Waals surface area contributed by atoms with E-state index >= 15 is 0 Å². The molecule has 2 N–H and O–H groups in total. The molecule has 2 nitrogen and oxygen atoms in total. The van der Waals surface area contributed by atoms with Gasteiger partial charge in [0.2, 0.25) is 0 Å². The number of hydrogen-bond acceptors (Lipinski definition) is 1. The average Bonchev–Trinajstić information content (AvgIpc) is 2.07. The van der Waals surface area contributed by atoms with Crippen LogP contribution in [0.3, 0.4) is 0 Å². The minimum absolute atomic E-state index is 0.0972. The number of aromatic hydroxyl groups is 1. The van der Waals surface area contributed by atoms with Crippen LogP contribution in [0.4, 0.5) is 0 Å². The zero-order valence-corrected chi connectivity index (χ0v) is 9.78. The molecular formula is C9H13GaO2+. The van der Waals surface area contributed by atoms with E-state index in [1.165, 1.54) is 6.07 Å². The van der Waals surface area contributed by atoms with Gasteiger partial charge in [-0.05, 0) is 12.1 Å². The molecule has 63 valence electrons. The monoisotopic (exact) mass is 222 g/mol. The van der Waals surface area contributed by atoms with Crippen molar-refractivity contribution in [2.75, 3.05) is 0 Å². The second-order valence-electron chi connectivity index (χ2n) is 2.27. The zero-order chi connectivity index (χ0) is 9.40. The normalized spacial score (nSPS) is 7.83. The van der Waals surface area contributed by atoms with Gasteiger partial charge in [-0.3, -0.25) is 4.79 Å². The number of benzene rings is 1. The summed E-state index contributed by atoms with van der Waals surface area (Å²) in [6, 6.07) is 6.57. The molecule has 1 aromatic rings. The molecule has 0 aliphatic heterocycles. The Morgan fingerprint density at radius 1 is 1.33 bits per heavy atom. The van der Waals surface area contributed by atoms with E-state index in [0.717, 1.165) is 6.29 Å². The van der Waals surface area contributed by atoms with Gasteiger partial charge in [-0.1, -0.05) is 12.1 Å². The van der Waals surface area contributed by atoms with E-state index in [1.807, 2.05) is 0 Å². The Kier molecular flexibility index (Phi) is 6.61. The summed E-state index contributed by atoms with van der Waals surface area (Å²) in [5, 5.41) is 8.92. The van der Waals surface area contributed by atoms with Crippen LogP contribution in [0.5, 0.6) is 5.75 Å². The molecule has 0 atom stereocenters. The summed E-state index contributed by atoms with van der Waals surface area (Å²) in [5.41, 5.74) is 5.00. The molecule has 0 saturated heterocycles. The topological polar surface area (TPSA) is 41.6 Å². The molecule has 3 heteroatoms. The second-order valence-corrected chi connectivity index (χ2v) is 4.69. The quantitative estimate of drug-likeness (QED) is 0.439. The second kappa shape index (κ2) is 7.00. The Bertz CT molecular complexity index is 236. The predicted octanol–water partition coefficient (Wildman–Crippen LogP) is 1.70. The van der Waals surface area contributed by atoms with Crippen LogP contribution < -0.4 is 0 Å². The first kappa shape index (κ1) is 11.3. The number of phenolic OH excluding ortho intramolecular Hbond substituents is 1. The van der Waals surface area contributed by atoms with Crippen molar-refractivity contribution in [2.24, 2.45) is 0 Å². The van der Waals surface area contributed by atoms with Gasteiger partial charge in [-0.15, -0.1) is 0 Å². The van der Waals surface area contributed by atoms with Crippen LogP contribution in [0.15, 0.2) is 24.3 Å². The van der Waals surface area contributed by atoms with Crippen molar-refractivity contribution in [3.8, 4) is 5.75 Å². The van der Waals surface area contributed by atoms with Crippen molar-refractivity contribution < 1.29 is 9.90 Å². The third-order valence-corrected chi connectivity index (χ3v) is 1.08. The molecule has 0 aliphatic rings. The average molecular weight is 223 g/mol. The van der Waals surface area contributed by atoms with Crippen LogP contribution in [0.25, 0.3) is 0 Å². The predicted molar refractivity (Wildman–Crippen MR) is 52.7 cm³/mol. The van der Waals surface area contributed by atoms with Crippen molar-refractivity contribution in [3.05, 3.63) is 29.8 Å². The molecular weight excluding hydrogens is 210 g/mol. The first-order valence-corrected chi connectivity index (χ1v) is 8.60. The Hall–Kier alpha value is -0.674. The van der Waals surface area contributed by atoms with Crippen LogP contribution >= 0.6 is 0 Å². The van der Waals surface area contributed by atoms with Crippen molar-refractivity contribution >= 4 is 23.7 Å². The Morgan fingerprint density at radius 2 is 1.83 bits per heavy atom. The van der Waals surface area contributed by atoms with Gasteiger partial charge in [0.25, 0.3) is 0 Å². The molecule has 12 heavy (non-hydrogen) atoms. The van der Waals surface area contributed by atoms with E-state index in [4.69, 9.17) is 9.90 Å². The van der Waals surface area contributed by atoms with E-state index in [1.54, 1.807) is 18.2 Å². The number of phenols is 1. The third kappa shape index (κ3) is 4.26. The maximum atomic E-state index is 8.92. The summed E-state index contributed by atoms with van der Waals surface area (Å²) in [5.74, 6) is 0.0972. The standard InChI is InChI=1S/C7H6O2.2CH3.Ga/c8-5-6-3-1-2-4-7(6)9;;;/h1-5,9H;2*1H3;/p+1. The summed E-state index contributed by atoms with van der Waals surface area (Å²) < 4.78 is 0. The van der Waals surface area contributed by atoms with Gasteiger partial charge in [0, 0.05) is 0 Å². The minimum atomic E-state index is 0.0972. The molecule has 0 bridgehead atoms. The van der Waals surface area contributed by atoms with Crippen molar-refractivity contribution in [3.63, 3.8) is 0 Å². The van der Waals surface area contributed by atoms with Gasteiger partial charge in [0.1, 0.15) is 11.3 Å². The summed E-state index contributed by atoms with van der Waals surface area (Å²) in [4.78, 5) is 8.43. The number of carbonyl (C=O) groups excluding carboxylic acids is 1. The van der Waals surface area contributed by atoms with Crippen LogP contribution in [-0.2, 0) is 0 Å². The van der Waals surface area contributed by atoms with Gasteiger partial charge in [0.15, 0.2) is 0 Å². The molecule has 0 aromatic heterocycles. The first-order valence-electron chi connectivity index (χ1n) is 3.75. The van der Waals surface area contributed by atoms with Crippen molar-refractivity contribution in [1.29, 1.82) is 0 Å². The third-order valence-electron chi connectivity index (χ3n) is 1.08. The molecule has 1 radical (unpaired) electrons. The van der Waals surface area contributed by atoms with Crippen LogP contribution in [0.2, 0.25) is 11.0 Å². The fourth-order valence-electron chi connectivity index (χ4n) is 0.597. The van der Waals surface area contributed by atoms with E-state index in [0.29, 0.717) is 23.0 Å². The molecule has 0 unspecified atom stereocenters. The molecule has 1 aromatic carbocycles. The Balaban J connectivity index is 0.000000354. The van der Waals surface area contributed by atoms with Crippen LogP contribution in [-0.4, -0.2) is 33.6 Å². The summed E-state index contributed by atoms with van der Waals surface area (Å²) in [6.45, 7) is 0. The number of rotatable bonds is 1. The molecule has 0 aliphatic carbocycles. The Morgan fingerprint density at radius 3 is 2.17 bits per heavy atom. The fraction of sp³-hybridized carbons (Fsp3) is 0.222. The molecule has 0 heterocycles. The number of hydrogen-bond donors (Lipinski definition) is 1. The van der Waals surface area contributed by atoms with Gasteiger partial charge in [-0.25, -0.2) is 0 Å². The number of aldehydes is 1. The molecule has 1 rings (SSSR count). The van der Waals surface area contributed by atoms with Crippen molar-refractivity contribution in [2.45, 2.75) is 11.0 Å². The van der Waals surface area contributed by atoms with E-state index in [9.17, 15) is 0 Å². The summed E-state index contributed by atoms with van der Waals surface area (Å²) >= 11 is 0.312. The van der Waals surface area contributed by atoms with Gasteiger partial charge in [-0.2, -0.15) is 0 Å². The van der Waals surface area contributed by atoms with Gasteiger partial charge in [0.05, 0.1) is 0 Å². The van der Waals surface area contributed by atoms with E-state index in [2.05, 4.69) is 11.0 Å². The van der Waals surface area contributed by atoms with Gasteiger partial charge >= 0.3 is 34.7 Å². The molecule has 0 fully saturated rings. The Labute approximate surface area is 80.4 Å². The fourth-order valence-corrected chi connectivity index (χ4v) is 0.597. The number of para-hydroxylation sites is 1. The SMILES string of the molecule is Oc1ccccc1C=[OH+].[CH3][Ga][CH3]. The zero-order valence-electron chi connectivity index (χ0n) is 7.36. The van der Waals surface area contributed by atoms with Gasteiger partial charge < -0.3 is 5.11 Å². The van der Waals surface area contributed by atoms with E-state index < -0.39 is 0 Å². The molecule has 0 amide bonds. The summed E-state index contributed by atoms with van der Waals surface area (Å²) in [6.07, 6.45) is 0.870. The van der Waals surface area contributed by atoms with E-state index in [-0.39, 0.29) is 5.75 Å². The maximum absolute atomic E-state index is 8.92. The van der Waals surface area contributed by atoms with Crippen LogP contribution in [0, 0.1) is 0 Å². The van der Waals surface area contributed by atoms with Crippen molar-refractivity contribution in [1.82, 2.24) is 0 Å². The van der Waals surface area contributed by atoms with Crippen LogP contribution in [0.1, 0.15) is 5.56 Å². The molecule has 0 spiro atoms. The first-order chi connectivity index (χ1) is 5.76. The molecule has 0 saturated carbocycles. The summed E-state index contributed by atoms with van der Waals surface area (Å²) in [7, 11) is 0.